The van der Waals surface area contributed by atoms with E-state index < -0.39 is 0 Å². The fourth-order valence-electron chi connectivity index (χ4n) is 2.27. The number of nitro benzene ring substituents is 1. The van der Waals surface area contributed by atoms with Crippen LogP contribution < -0.4 is 0 Å². The molecule has 0 N–H and O–H groups in total. The molecular formula is C16H18N2O4S. The summed E-state index contributed by atoms with van der Waals surface area (Å²) in [5.74, 6) is -0.268. The van der Waals surface area contributed by atoms with Gasteiger partial charge in [0.2, 0.25) is 0 Å². The summed E-state index contributed by atoms with van der Waals surface area (Å²) in [5.41, 5.74) is 1.60. The van der Waals surface area contributed by atoms with Crippen LogP contribution in [-0.4, -0.2) is 22.5 Å². The van der Waals surface area contributed by atoms with Crippen molar-refractivity contribution in [1.29, 1.82) is 0 Å². The number of nitro groups is 1. The molecule has 0 unspecified atom stereocenters. The van der Waals surface area contributed by atoms with E-state index in [2.05, 4.69) is 4.98 Å². The smallest absolute Gasteiger partial charge is 0.305 e. The van der Waals surface area contributed by atoms with Crippen LogP contribution in [0.25, 0.3) is 0 Å². The predicted octanol–water partition coefficient (Wildman–Crippen LogP) is 3.53. The maximum atomic E-state index is 11.3. The Morgan fingerprint density at radius 2 is 2.26 bits per heavy atom. The van der Waals surface area contributed by atoms with Crippen molar-refractivity contribution in [1.82, 2.24) is 4.98 Å². The molecule has 0 fully saturated rings. The molecule has 0 radical (unpaired) electrons. The third-order valence-electron chi connectivity index (χ3n) is 3.32. The second kappa shape index (κ2) is 8.38. The van der Waals surface area contributed by atoms with Gasteiger partial charge in [-0.1, -0.05) is 12.1 Å². The van der Waals surface area contributed by atoms with Crippen LogP contribution in [0.5, 0.6) is 0 Å². The lowest BCUT2D eigenvalue weighted by Gasteiger charge is -2.06. The van der Waals surface area contributed by atoms with E-state index >= 15 is 0 Å². The molecule has 7 heteroatoms. The Kier molecular flexibility index (Phi) is 6.22. The Labute approximate surface area is 138 Å². The molecule has 0 aliphatic heterocycles. The van der Waals surface area contributed by atoms with E-state index in [0.29, 0.717) is 31.4 Å². The third kappa shape index (κ3) is 5.14. The zero-order valence-electron chi connectivity index (χ0n) is 12.9. The first-order valence-corrected chi connectivity index (χ1v) is 8.28. The molecule has 1 heterocycles. The number of rotatable bonds is 8. The highest BCUT2D eigenvalue weighted by Crippen LogP contribution is 2.24. The monoisotopic (exact) mass is 334 g/mol. The Morgan fingerprint density at radius 3 is 2.91 bits per heavy atom. The summed E-state index contributed by atoms with van der Waals surface area (Å²) in [6.07, 6.45) is 3.59. The zero-order valence-corrected chi connectivity index (χ0v) is 13.7. The number of nitrogens with zero attached hydrogens (tertiary/aromatic N) is 2. The number of aromatic nitrogens is 1. The van der Waals surface area contributed by atoms with Crippen LogP contribution >= 0.6 is 11.3 Å². The van der Waals surface area contributed by atoms with Crippen LogP contribution in [0.4, 0.5) is 5.69 Å². The number of ether oxygens (including phenoxy) is 1. The number of benzene rings is 1. The van der Waals surface area contributed by atoms with Gasteiger partial charge in [0.15, 0.2) is 0 Å². The van der Waals surface area contributed by atoms with Gasteiger partial charge in [-0.25, -0.2) is 4.98 Å². The number of carbonyl (C=O) groups excluding carboxylic acids is 1. The molecule has 0 aliphatic rings. The lowest BCUT2D eigenvalue weighted by molar-refractivity contribution is -0.385. The molecule has 122 valence electrons. The molecule has 23 heavy (non-hydrogen) atoms. The molecule has 0 bridgehead atoms. The summed E-state index contributed by atoms with van der Waals surface area (Å²) >= 11 is 1.53. The minimum absolute atomic E-state index is 0.0999. The number of carbonyl (C=O) groups is 1. The van der Waals surface area contributed by atoms with Crippen molar-refractivity contribution in [2.24, 2.45) is 0 Å². The topological polar surface area (TPSA) is 82.3 Å². The van der Waals surface area contributed by atoms with Crippen molar-refractivity contribution in [3.63, 3.8) is 0 Å². The number of aryl methyl sites for hydroxylation is 1. The van der Waals surface area contributed by atoms with Crippen LogP contribution in [0.15, 0.2) is 29.8 Å². The number of hydrogen-bond acceptors (Lipinski definition) is 6. The molecule has 0 aliphatic carbocycles. The van der Waals surface area contributed by atoms with Crippen LogP contribution in [0.3, 0.4) is 0 Å². The van der Waals surface area contributed by atoms with Gasteiger partial charge in [0.25, 0.3) is 5.69 Å². The molecule has 0 saturated heterocycles. The van der Waals surface area contributed by atoms with Gasteiger partial charge in [-0.15, -0.1) is 11.3 Å². The largest absolute Gasteiger partial charge is 0.466 e. The average Bonchev–Trinajstić information content (AvgIpc) is 3.01. The van der Waals surface area contributed by atoms with Gasteiger partial charge in [0.05, 0.1) is 16.5 Å². The van der Waals surface area contributed by atoms with Crippen LogP contribution in [0.2, 0.25) is 0 Å². The Balaban J connectivity index is 2.04. The SMILES string of the molecule is CCOC(=O)CCCc1ccc(Cc2nccs2)cc1[N+](=O)[O-]. The number of hydrogen-bond donors (Lipinski definition) is 0. The van der Waals surface area contributed by atoms with Gasteiger partial charge < -0.3 is 4.74 Å². The molecule has 0 atom stereocenters. The molecule has 2 rings (SSSR count). The van der Waals surface area contributed by atoms with Gasteiger partial charge in [-0.2, -0.15) is 0 Å². The first kappa shape index (κ1) is 17.1. The molecule has 0 saturated carbocycles. The number of esters is 1. The van der Waals surface area contributed by atoms with Crippen molar-refractivity contribution in [3.8, 4) is 0 Å². The highest BCUT2D eigenvalue weighted by molar-refractivity contribution is 7.09. The van der Waals surface area contributed by atoms with Gasteiger partial charge in [0.1, 0.15) is 0 Å². The summed E-state index contributed by atoms with van der Waals surface area (Å²) in [7, 11) is 0. The van der Waals surface area contributed by atoms with Crippen LogP contribution in [0, 0.1) is 10.1 Å². The molecule has 2 aromatic rings. The maximum Gasteiger partial charge on any atom is 0.305 e. The van der Waals surface area contributed by atoms with E-state index in [-0.39, 0.29) is 23.0 Å². The van der Waals surface area contributed by atoms with E-state index in [1.165, 1.54) is 11.3 Å². The maximum absolute atomic E-state index is 11.3. The van der Waals surface area contributed by atoms with Gasteiger partial charge >= 0.3 is 5.97 Å². The Bertz CT molecular complexity index is 671. The quantitative estimate of drug-likeness (QED) is 0.419. The lowest BCUT2D eigenvalue weighted by atomic mass is 10.0. The van der Waals surface area contributed by atoms with Gasteiger partial charge in [-0.3, -0.25) is 14.9 Å². The first-order chi connectivity index (χ1) is 11.1. The fraction of sp³-hybridized carbons (Fsp3) is 0.375. The molecular weight excluding hydrogens is 316 g/mol. The summed E-state index contributed by atoms with van der Waals surface area (Å²) < 4.78 is 4.86. The summed E-state index contributed by atoms with van der Waals surface area (Å²) in [6, 6.07) is 5.25. The van der Waals surface area contributed by atoms with Crippen molar-refractivity contribution in [2.75, 3.05) is 6.61 Å². The van der Waals surface area contributed by atoms with E-state index in [9.17, 15) is 14.9 Å². The molecule has 1 aromatic heterocycles. The standard InChI is InChI=1S/C16H18N2O4S/c1-2-22-16(19)5-3-4-13-7-6-12(10-14(13)18(20)21)11-15-17-8-9-23-15/h6-10H,2-5,11H2,1H3. The van der Waals surface area contributed by atoms with E-state index in [1.807, 2.05) is 11.4 Å². The zero-order chi connectivity index (χ0) is 16.7. The Hall–Kier alpha value is -2.28. The summed E-state index contributed by atoms with van der Waals surface area (Å²) in [4.78, 5) is 26.4. The van der Waals surface area contributed by atoms with E-state index in [1.54, 1.807) is 25.3 Å². The summed E-state index contributed by atoms with van der Waals surface area (Å²) in [6.45, 7) is 2.11. The minimum atomic E-state index is -0.370. The van der Waals surface area contributed by atoms with Crippen LogP contribution in [-0.2, 0) is 22.4 Å². The summed E-state index contributed by atoms with van der Waals surface area (Å²) in [5, 5.41) is 14.1. The molecule has 1 aromatic carbocycles. The van der Waals surface area contributed by atoms with Crippen LogP contribution in [0.1, 0.15) is 35.9 Å². The first-order valence-electron chi connectivity index (χ1n) is 7.40. The highest BCUT2D eigenvalue weighted by Gasteiger charge is 2.15. The normalized spacial score (nSPS) is 10.5. The minimum Gasteiger partial charge on any atom is -0.466 e. The number of thiazole rings is 1. The average molecular weight is 334 g/mol. The fourth-order valence-corrected chi connectivity index (χ4v) is 2.92. The third-order valence-corrected chi connectivity index (χ3v) is 4.10. The van der Waals surface area contributed by atoms with Gasteiger partial charge in [0, 0.05) is 36.0 Å². The predicted molar refractivity (Wildman–Crippen MR) is 87.6 cm³/mol. The molecule has 0 spiro atoms. The van der Waals surface area contributed by atoms with Crippen molar-refractivity contribution in [2.45, 2.75) is 32.6 Å². The second-order valence-corrected chi connectivity index (χ2v) is 5.96. The van der Waals surface area contributed by atoms with Crippen molar-refractivity contribution < 1.29 is 14.5 Å². The Morgan fingerprint density at radius 1 is 1.43 bits per heavy atom. The van der Waals surface area contributed by atoms with E-state index in [0.717, 1.165) is 10.6 Å². The van der Waals surface area contributed by atoms with E-state index in [4.69, 9.17) is 4.74 Å². The molecule has 0 amide bonds. The molecule has 6 nitrogen and oxygen atoms in total. The second-order valence-electron chi connectivity index (χ2n) is 4.98. The van der Waals surface area contributed by atoms with Gasteiger partial charge in [-0.05, 0) is 25.3 Å². The lowest BCUT2D eigenvalue weighted by Crippen LogP contribution is -2.05. The highest BCUT2D eigenvalue weighted by atomic mass is 32.1. The van der Waals surface area contributed by atoms with Crippen molar-refractivity contribution >= 4 is 23.0 Å². The van der Waals surface area contributed by atoms with Crippen molar-refractivity contribution in [3.05, 3.63) is 56.0 Å².